The van der Waals surface area contributed by atoms with E-state index in [1.807, 2.05) is 13.2 Å². The number of hydrogen-bond donors (Lipinski definition) is 0. The van der Waals surface area contributed by atoms with Crippen LogP contribution in [0.4, 0.5) is 15.9 Å². The Balaban J connectivity index is 1.69. The Bertz CT molecular complexity index is 925. The van der Waals surface area contributed by atoms with Crippen molar-refractivity contribution in [1.82, 2.24) is 9.97 Å². The first kappa shape index (κ1) is 15.6. The van der Waals surface area contributed by atoms with Crippen LogP contribution in [0.5, 0.6) is 0 Å². The zero-order chi connectivity index (χ0) is 17.4. The van der Waals surface area contributed by atoms with Gasteiger partial charge in [0, 0.05) is 31.5 Å². The van der Waals surface area contributed by atoms with E-state index in [4.69, 9.17) is 0 Å². The monoisotopic (exact) mass is 334 g/mol. The second kappa shape index (κ2) is 6.16. The maximum absolute atomic E-state index is 13.4. The lowest BCUT2D eigenvalue weighted by Crippen LogP contribution is -2.27. The Morgan fingerprint density at radius 3 is 2.76 bits per heavy atom. The highest BCUT2D eigenvalue weighted by Gasteiger charge is 2.25. The second-order valence-corrected chi connectivity index (χ2v) is 6.48. The summed E-state index contributed by atoms with van der Waals surface area (Å²) in [6, 6.07) is 12.1. The summed E-state index contributed by atoms with van der Waals surface area (Å²) in [6.45, 7) is 3.40. The molecule has 25 heavy (non-hydrogen) atoms. The summed E-state index contributed by atoms with van der Waals surface area (Å²) in [4.78, 5) is 12.9. The fraction of sp³-hybridized carbons (Fsp3) is 0.200. The van der Waals surface area contributed by atoms with Gasteiger partial charge >= 0.3 is 0 Å². The van der Waals surface area contributed by atoms with Crippen LogP contribution in [0.15, 0.2) is 55.0 Å². The lowest BCUT2D eigenvalue weighted by molar-refractivity contribution is 0.617. The Morgan fingerprint density at radius 2 is 1.96 bits per heavy atom. The molecule has 0 saturated carbocycles. The van der Waals surface area contributed by atoms with Crippen LogP contribution in [0.2, 0.25) is 0 Å². The predicted octanol–water partition coefficient (Wildman–Crippen LogP) is 4.01. The summed E-state index contributed by atoms with van der Waals surface area (Å²) < 4.78 is 13.4. The van der Waals surface area contributed by atoms with Crippen LogP contribution in [0.3, 0.4) is 0 Å². The number of fused-ring (bicyclic) bond motifs is 1. The van der Waals surface area contributed by atoms with Crippen molar-refractivity contribution in [3.8, 4) is 11.1 Å². The molecule has 0 spiro atoms. The van der Waals surface area contributed by atoms with E-state index in [1.54, 1.807) is 6.20 Å². The molecule has 0 aliphatic carbocycles. The van der Waals surface area contributed by atoms with E-state index >= 15 is 0 Å². The van der Waals surface area contributed by atoms with Crippen LogP contribution in [-0.2, 0) is 6.54 Å². The molecule has 3 aromatic rings. The van der Waals surface area contributed by atoms with Crippen LogP contribution >= 0.6 is 0 Å². The fourth-order valence-electron chi connectivity index (χ4n) is 3.25. The molecule has 1 aliphatic heterocycles. The van der Waals surface area contributed by atoms with Gasteiger partial charge in [-0.3, -0.25) is 4.98 Å². The van der Waals surface area contributed by atoms with Crippen LogP contribution in [-0.4, -0.2) is 23.7 Å². The van der Waals surface area contributed by atoms with Crippen LogP contribution < -0.4 is 9.80 Å². The number of halogens is 1. The minimum atomic E-state index is -0.308. The van der Waals surface area contributed by atoms with Crippen molar-refractivity contribution in [1.29, 1.82) is 0 Å². The number of aromatic nitrogens is 2. The molecule has 4 nitrogen and oxygen atoms in total. The first-order chi connectivity index (χ1) is 12.1. The molecule has 5 heteroatoms. The number of rotatable bonds is 3. The zero-order valence-corrected chi connectivity index (χ0v) is 14.3. The number of nitrogens with zero attached hydrogens (tertiary/aromatic N) is 4. The van der Waals surface area contributed by atoms with Crippen molar-refractivity contribution in [2.24, 2.45) is 0 Å². The van der Waals surface area contributed by atoms with Gasteiger partial charge in [0.1, 0.15) is 5.82 Å². The van der Waals surface area contributed by atoms with E-state index in [1.165, 1.54) is 17.8 Å². The minimum Gasteiger partial charge on any atom is -0.346 e. The van der Waals surface area contributed by atoms with Crippen LogP contribution in [0, 0.1) is 12.7 Å². The zero-order valence-electron chi connectivity index (χ0n) is 14.3. The standard InChI is InChI=1S/C20H19FN4/c1-14-4-3-5-16(6-14)17-8-19-20(23-10-17)24(2)13-25(19)12-15-7-18(21)11-22-9-15/h3-11H,12-13H2,1-2H3. The molecule has 1 aliphatic rings. The van der Waals surface area contributed by atoms with Gasteiger partial charge in [0.15, 0.2) is 5.82 Å². The molecule has 4 rings (SSSR count). The average molecular weight is 334 g/mol. The first-order valence-electron chi connectivity index (χ1n) is 8.23. The highest BCUT2D eigenvalue weighted by atomic mass is 19.1. The summed E-state index contributed by atoms with van der Waals surface area (Å²) in [5.74, 6) is 0.637. The third-order valence-corrected chi connectivity index (χ3v) is 4.42. The molecular weight excluding hydrogens is 315 g/mol. The molecule has 0 amide bonds. The smallest absolute Gasteiger partial charge is 0.153 e. The van der Waals surface area contributed by atoms with Gasteiger partial charge in [-0.05, 0) is 30.2 Å². The van der Waals surface area contributed by atoms with Crippen molar-refractivity contribution >= 4 is 11.5 Å². The largest absolute Gasteiger partial charge is 0.346 e. The van der Waals surface area contributed by atoms with Gasteiger partial charge < -0.3 is 9.80 Å². The second-order valence-electron chi connectivity index (χ2n) is 6.48. The Labute approximate surface area is 146 Å². The molecule has 0 saturated heterocycles. The van der Waals surface area contributed by atoms with Gasteiger partial charge in [-0.1, -0.05) is 29.8 Å². The predicted molar refractivity (Wildman–Crippen MR) is 98.1 cm³/mol. The van der Waals surface area contributed by atoms with E-state index in [9.17, 15) is 4.39 Å². The van der Waals surface area contributed by atoms with Crippen LogP contribution in [0.1, 0.15) is 11.1 Å². The van der Waals surface area contributed by atoms with E-state index < -0.39 is 0 Å². The molecule has 126 valence electrons. The molecule has 0 atom stereocenters. The molecule has 0 radical (unpaired) electrons. The summed E-state index contributed by atoms with van der Waals surface area (Å²) in [7, 11) is 2.02. The van der Waals surface area contributed by atoms with Crippen LogP contribution in [0.25, 0.3) is 11.1 Å². The summed E-state index contributed by atoms with van der Waals surface area (Å²) in [5.41, 5.74) is 5.36. The normalized spacial score (nSPS) is 13.2. The van der Waals surface area contributed by atoms with Crippen molar-refractivity contribution in [3.63, 3.8) is 0 Å². The van der Waals surface area contributed by atoms with E-state index in [2.05, 4.69) is 57.0 Å². The fourth-order valence-corrected chi connectivity index (χ4v) is 3.25. The van der Waals surface area contributed by atoms with E-state index in [-0.39, 0.29) is 5.82 Å². The molecular formula is C20H19FN4. The van der Waals surface area contributed by atoms with Gasteiger partial charge in [0.25, 0.3) is 0 Å². The minimum absolute atomic E-state index is 0.308. The van der Waals surface area contributed by atoms with Gasteiger partial charge in [0.2, 0.25) is 0 Å². The molecule has 0 unspecified atom stereocenters. The van der Waals surface area contributed by atoms with Gasteiger partial charge in [-0.25, -0.2) is 9.37 Å². The van der Waals surface area contributed by atoms with E-state index in [0.29, 0.717) is 6.54 Å². The SMILES string of the molecule is Cc1cccc(-c2cnc3c(c2)N(Cc2cncc(F)c2)CN3C)c1. The maximum atomic E-state index is 13.4. The number of pyridine rings is 2. The lowest BCUT2D eigenvalue weighted by Gasteiger charge is -2.19. The van der Waals surface area contributed by atoms with E-state index in [0.717, 1.165) is 34.9 Å². The summed E-state index contributed by atoms with van der Waals surface area (Å²) in [6.07, 6.45) is 4.85. The molecule has 0 fully saturated rings. The number of aryl methyl sites for hydroxylation is 1. The van der Waals surface area contributed by atoms with Gasteiger partial charge in [0.05, 0.1) is 18.6 Å². The van der Waals surface area contributed by atoms with Gasteiger partial charge in [-0.2, -0.15) is 0 Å². The Hall–Kier alpha value is -2.95. The topological polar surface area (TPSA) is 32.3 Å². The number of anilines is 2. The third kappa shape index (κ3) is 3.05. The first-order valence-corrected chi connectivity index (χ1v) is 8.23. The lowest BCUT2D eigenvalue weighted by atomic mass is 10.0. The highest BCUT2D eigenvalue weighted by molar-refractivity contribution is 5.78. The number of benzene rings is 1. The highest BCUT2D eigenvalue weighted by Crippen LogP contribution is 2.37. The Morgan fingerprint density at radius 1 is 1.08 bits per heavy atom. The summed E-state index contributed by atoms with van der Waals surface area (Å²) in [5, 5.41) is 0. The number of hydrogen-bond acceptors (Lipinski definition) is 4. The van der Waals surface area contributed by atoms with Gasteiger partial charge in [-0.15, -0.1) is 0 Å². The summed E-state index contributed by atoms with van der Waals surface area (Å²) >= 11 is 0. The molecule has 1 aromatic carbocycles. The van der Waals surface area contributed by atoms with Crippen molar-refractivity contribution in [2.75, 3.05) is 23.5 Å². The van der Waals surface area contributed by atoms with Crippen molar-refractivity contribution in [3.05, 3.63) is 71.9 Å². The quantitative estimate of drug-likeness (QED) is 0.724. The Kier molecular flexibility index (Phi) is 3.84. The molecule has 3 heterocycles. The maximum Gasteiger partial charge on any atom is 0.153 e. The molecule has 0 N–H and O–H groups in total. The van der Waals surface area contributed by atoms with Crippen molar-refractivity contribution < 1.29 is 4.39 Å². The van der Waals surface area contributed by atoms with Crippen molar-refractivity contribution in [2.45, 2.75) is 13.5 Å². The molecule has 0 bridgehead atoms. The average Bonchev–Trinajstić information content (AvgIpc) is 2.90. The molecule has 2 aromatic heterocycles. The third-order valence-electron chi connectivity index (χ3n) is 4.42.